The average Bonchev–Trinajstić information content (AvgIpc) is 2.26. The fourth-order valence-electron chi connectivity index (χ4n) is 1.29. The van der Waals surface area contributed by atoms with Crippen LogP contribution in [0.1, 0.15) is 0 Å². The van der Waals surface area contributed by atoms with E-state index in [0.29, 0.717) is 31.6 Å². The molecular formula is C12H6Cl4O2Zr. The van der Waals surface area contributed by atoms with Crippen molar-refractivity contribution in [1.29, 1.82) is 0 Å². The fourth-order valence-corrected chi connectivity index (χ4v) is 3.46. The van der Waals surface area contributed by atoms with Crippen LogP contribution < -0.4 is 5.63 Å². The van der Waals surface area contributed by atoms with Gasteiger partial charge in [0.2, 0.25) is 0 Å². The van der Waals surface area contributed by atoms with Crippen molar-refractivity contribution in [3.8, 4) is 11.5 Å². The van der Waals surface area contributed by atoms with E-state index in [1.807, 2.05) is 0 Å². The molecule has 2 nitrogen and oxygen atoms in total. The van der Waals surface area contributed by atoms with Gasteiger partial charge in [0, 0.05) is 0 Å². The summed E-state index contributed by atoms with van der Waals surface area (Å²) < 4.78 is 11.1. The predicted molar refractivity (Wildman–Crippen MR) is 74.2 cm³/mol. The van der Waals surface area contributed by atoms with Crippen LogP contribution in [0, 0.1) is 0 Å². The van der Waals surface area contributed by atoms with Crippen molar-refractivity contribution >= 4 is 46.4 Å². The average molecular weight is 415 g/mol. The topological polar surface area (TPSA) is 18.5 Å². The van der Waals surface area contributed by atoms with Gasteiger partial charge < -0.3 is 0 Å². The molecule has 19 heavy (non-hydrogen) atoms. The van der Waals surface area contributed by atoms with E-state index in [-0.39, 0.29) is 0 Å². The third kappa shape index (κ3) is 5.17. The number of hydrogen-bond donors (Lipinski definition) is 0. The molecule has 0 aromatic heterocycles. The molecule has 0 fully saturated rings. The summed E-state index contributed by atoms with van der Waals surface area (Å²) in [6.07, 6.45) is 0. The monoisotopic (exact) mass is 412 g/mol. The first-order valence-corrected chi connectivity index (χ1v) is 8.56. The summed E-state index contributed by atoms with van der Waals surface area (Å²) in [7, 11) is 0. The Morgan fingerprint density at radius 2 is 0.895 bits per heavy atom. The number of benzene rings is 2. The Morgan fingerprint density at radius 3 is 1.21 bits per heavy atom. The maximum absolute atomic E-state index is 5.87. The summed E-state index contributed by atoms with van der Waals surface area (Å²) in [5.74, 6) is 1.19. The molecule has 0 saturated heterocycles. The van der Waals surface area contributed by atoms with Crippen LogP contribution in [0.4, 0.5) is 0 Å². The van der Waals surface area contributed by atoms with Crippen molar-refractivity contribution < 1.29 is 29.7 Å². The number of halogens is 4. The minimum atomic E-state index is -1.57. The van der Waals surface area contributed by atoms with Crippen molar-refractivity contribution in [3.05, 3.63) is 56.5 Å². The van der Waals surface area contributed by atoms with E-state index in [0.717, 1.165) is 0 Å². The van der Waals surface area contributed by atoms with Gasteiger partial charge in [-0.1, -0.05) is 0 Å². The van der Waals surface area contributed by atoms with Gasteiger partial charge in [-0.15, -0.1) is 0 Å². The van der Waals surface area contributed by atoms with E-state index in [1.54, 1.807) is 36.4 Å². The third-order valence-corrected chi connectivity index (χ3v) is 4.43. The van der Waals surface area contributed by atoms with Gasteiger partial charge in [-0.3, -0.25) is 0 Å². The van der Waals surface area contributed by atoms with Crippen molar-refractivity contribution in [2.75, 3.05) is 0 Å². The molecule has 0 N–H and O–H groups in total. The molecule has 0 spiro atoms. The Bertz CT molecular complexity index is 500. The Hall–Kier alpha value is 0.0831. The summed E-state index contributed by atoms with van der Waals surface area (Å²) in [4.78, 5) is 0. The number of hydrogen-bond acceptors (Lipinski definition) is 2. The predicted octanol–water partition coefficient (Wildman–Crippen LogP) is 5.67. The van der Waals surface area contributed by atoms with Crippen LogP contribution in [0.5, 0.6) is 11.5 Å². The molecule has 0 saturated carbocycles. The van der Waals surface area contributed by atoms with Crippen LogP contribution >= 0.6 is 46.4 Å². The van der Waals surface area contributed by atoms with Gasteiger partial charge in [-0.25, -0.2) is 0 Å². The van der Waals surface area contributed by atoms with Crippen molar-refractivity contribution in [1.82, 2.24) is 0 Å². The standard InChI is InChI=1S/2C6H4Cl2O.Zr/c2*7-4-1-5(8)3-6(9)2-4;/h2*1-3,9H;/q;;+2/p-2. The number of rotatable bonds is 4. The first-order chi connectivity index (χ1) is 9.02. The Balaban J connectivity index is 1.96. The van der Waals surface area contributed by atoms with Crippen LogP contribution in [0.15, 0.2) is 36.4 Å². The molecule has 0 aliphatic carbocycles. The van der Waals surface area contributed by atoms with Gasteiger partial charge in [0.15, 0.2) is 0 Å². The normalized spacial score (nSPS) is 10.1. The third-order valence-electron chi connectivity index (χ3n) is 1.99. The summed E-state index contributed by atoms with van der Waals surface area (Å²) in [5, 5.41) is 2.08. The second-order valence-electron chi connectivity index (χ2n) is 3.50. The van der Waals surface area contributed by atoms with Gasteiger partial charge in [-0.2, -0.15) is 0 Å². The summed E-state index contributed by atoms with van der Waals surface area (Å²) in [5.41, 5.74) is 0. The molecular weight excluding hydrogens is 409 g/mol. The van der Waals surface area contributed by atoms with Crippen molar-refractivity contribution in [3.63, 3.8) is 0 Å². The van der Waals surface area contributed by atoms with E-state index in [4.69, 9.17) is 52.0 Å². The van der Waals surface area contributed by atoms with Crippen LogP contribution in [-0.2, 0) is 24.1 Å². The van der Waals surface area contributed by atoms with E-state index >= 15 is 0 Å². The van der Waals surface area contributed by atoms with Gasteiger partial charge in [0.25, 0.3) is 0 Å². The second-order valence-corrected chi connectivity index (χ2v) is 6.66. The van der Waals surface area contributed by atoms with E-state index in [9.17, 15) is 0 Å². The van der Waals surface area contributed by atoms with Crippen molar-refractivity contribution in [2.24, 2.45) is 0 Å². The Labute approximate surface area is 143 Å². The van der Waals surface area contributed by atoms with Gasteiger partial charge in [-0.05, 0) is 0 Å². The van der Waals surface area contributed by atoms with Crippen LogP contribution in [-0.4, -0.2) is 0 Å². The molecule has 7 heteroatoms. The minimum absolute atomic E-state index is 0.521. The zero-order valence-corrected chi connectivity index (χ0v) is 14.8. The molecule has 2 aromatic rings. The molecule has 0 atom stereocenters. The van der Waals surface area contributed by atoms with Gasteiger partial charge in [0.05, 0.1) is 0 Å². The Morgan fingerprint density at radius 1 is 0.579 bits per heavy atom. The summed E-state index contributed by atoms with van der Waals surface area (Å²) in [6.45, 7) is 0. The molecule has 0 aliphatic heterocycles. The molecule has 0 heterocycles. The first kappa shape index (κ1) is 15.5. The molecule has 0 bridgehead atoms. The fraction of sp³-hybridized carbons (Fsp3) is 0. The van der Waals surface area contributed by atoms with Crippen molar-refractivity contribution in [2.45, 2.75) is 0 Å². The molecule has 0 aliphatic rings. The molecule has 0 amide bonds. The van der Waals surface area contributed by atoms with E-state index in [1.165, 1.54) is 0 Å². The van der Waals surface area contributed by atoms with Crippen LogP contribution in [0.3, 0.4) is 0 Å². The molecule has 2 aromatic carbocycles. The maximum atomic E-state index is 5.87. The second kappa shape index (κ2) is 7.19. The van der Waals surface area contributed by atoms with Gasteiger partial charge in [0.1, 0.15) is 0 Å². The molecule has 98 valence electrons. The van der Waals surface area contributed by atoms with E-state index < -0.39 is 24.1 Å². The van der Waals surface area contributed by atoms with Crippen LogP contribution in [0.2, 0.25) is 20.1 Å². The quantitative estimate of drug-likeness (QED) is 0.641. The van der Waals surface area contributed by atoms with Crippen LogP contribution in [0.25, 0.3) is 0 Å². The zero-order valence-electron chi connectivity index (χ0n) is 9.29. The first-order valence-electron chi connectivity index (χ1n) is 5.04. The summed E-state index contributed by atoms with van der Waals surface area (Å²) >= 11 is 21.9. The molecule has 2 rings (SSSR count). The zero-order chi connectivity index (χ0) is 13.8. The Kier molecular flexibility index (Phi) is 5.86. The van der Waals surface area contributed by atoms with Gasteiger partial charge >= 0.3 is 144 Å². The molecule has 0 radical (unpaired) electrons. The van der Waals surface area contributed by atoms with E-state index in [2.05, 4.69) is 0 Å². The molecule has 0 unspecified atom stereocenters. The SMILES string of the molecule is Clc1cc(Cl)cc([O][Zr][O]c2cc(Cl)cc(Cl)c2)c1. The summed E-state index contributed by atoms with van der Waals surface area (Å²) in [6, 6.07) is 10.0.